The third-order valence-corrected chi connectivity index (χ3v) is 4.75. The highest BCUT2D eigenvalue weighted by Gasteiger charge is 2.08. The first-order chi connectivity index (χ1) is 12.2. The Labute approximate surface area is 148 Å². The van der Waals surface area contributed by atoms with Gasteiger partial charge in [0, 0.05) is 11.8 Å². The molecule has 0 fully saturated rings. The maximum Gasteiger partial charge on any atom is 0.235 e. The van der Waals surface area contributed by atoms with Crippen molar-refractivity contribution < 1.29 is 0 Å². The Hall–Kier alpha value is -2.68. The molecule has 0 unspecified atom stereocenters. The van der Waals surface area contributed by atoms with Crippen LogP contribution in [-0.4, -0.2) is 14.4 Å². The second-order valence-electron chi connectivity index (χ2n) is 6.74. The molecular formula is C22H23N3. The lowest BCUT2D eigenvalue weighted by molar-refractivity contribution is 0.717. The van der Waals surface area contributed by atoms with Crippen LogP contribution in [0.5, 0.6) is 0 Å². The van der Waals surface area contributed by atoms with Crippen LogP contribution in [0, 0.1) is 6.92 Å². The number of nitrogens with zero attached hydrogens (tertiary/aromatic N) is 3. The van der Waals surface area contributed by atoms with E-state index in [2.05, 4.69) is 78.0 Å². The van der Waals surface area contributed by atoms with Gasteiger partial charge in [0.25, 0.3) is 0 Å². The molecule has 0 amide bonds. The number of hydrogen-bond acceptors (Lipinski definition) is 2. The molecule has 3 nitrogen and oxygen atoms in total. The van der Waals surface area contributed by atoms with Crippen molar-refractivity contribution in [2.45, 2.75) is 39.5 Å². The van der Waals surface area contributed by atoms with Crippen LogP contribution in [0.15, 0.2) is 54.7 Å². The van der Waals surface area contributed by atoms with Gasteiger partial charge in [-0.15, -0.1) is 0 Å². The number of hydrogen-bond donors (Lipinski definition) is 0. The highest BCUT2D eigenvalue weighted by Crippen LogP contribution is 2.22. The van der Waals surface area contributed by atoms with Crippen molar-refractivity contribution in [3.05, 3.63) is 65.9 Å². The van der Waals surface area contributed by atoms with Crippen molar-refractivity contribution in [1.29, 1.82) is 0 Å². The van der Waals surface area contributed by atoms with Gasteiger partial charge < -0.3 is 0 Å². The van der Waals surface area contributed by atoms with E-state index in [1.807, 2.05) is 0 Å². The molecule has 25 heavy (non-hydrogen) atoms. The molecule has 0 atom stereocenters. The van der Waals surface area contributed by atoms with E-state index in [1.165, 1.54) is 30.4 Å². The fourth-order valence-corrected chi connectivity index (χ4v) is 3.29. The van der Waals surface area contributed by atoms with Crippen molar-refractivity contribution in [3.8, 4) is 11.3 Å². The number of fused-ring (bicyclic) bond motifs is 3. The molecule has 126 valence electrons. The lowest BCUT2D eigenvalue weighted by Gasteiger charge is -2.04. The highest BCUT2D eigenvalue weighted by molar-refractivity contribution is 5.80. The molecule has 0 radical (unpaired) electrons. The minimum absolute atomic E-state index is 0.755. The Morgan fingerprint density at radius 3 is 2.56 bits per heavy atom. The molecule has 2 aromatic carbocycles. The summed E-state index contributed by atoms with van der Waals surface area (Å²) >= 11 is 0. The number of unbranched alkanes of at least 4 members (excludes halogenated alkanes) is 2. The van der Waals surface area contributed by atoms with E-state index in [9.17, 15) is 0 Å². The van der Waals surface area contributed by atoms with Crippen molar-refractivity contribution >= 4 is 16.8 Å². The zero-order chi connectivity index (χ0) is 17.2. The third-order valence-electron chi connectivity index (χ3n) is 4.75. The molecule has 4 aromatic rings. The van der Waals surface area contributed by atoms with E-state index in [0.717, 1.165) is 34.5 Å². The predicted octanol–water partition coefficient (Wildman–Crippen LogP) is 5.59. The topological polar surface area (TPSA) is 30.2 Å². The number of imidazole rings is 1. The summed E-state index contributed by atoms with van der Waals surface area (Å²) in [4.78, 5) is 9.45. The van der Waals surface area contributed by atoms with E-state index in [0.29, 0.717) is 0 Å². The number of aryl methyl sites for hydroxylation is 2. The molecular weight excluding hydrogens is 306 g/mol. The molecule has 0 N–H and O–H groups in total. The zero-order valence-electron chi connectivity index (χ0n) is 14.9. The molecule has 2 heterocycles. The van der Waals surface area contributed by atoms with Gasteiger partial charge in [-0.3, -0.25) is 4.40 Å². The molecule has 0 aliphatic carbocycles. The van der Waals surface area contributed by atoms with Gasteiger partial charge in [-0.2, -0.15) is 0 Å². The maximum absolute atomic E-state index is 4.77. The van der Waals surface area contributed by atoms with E-state index in [4.69, 9.17) is 4.98 Å². The van der Waals surface area contributed by atoms with Gasteiger partial charge >= 0.3 is 0 Å². The van der Waals surface area contributed by atoms with Crippen LogP contribution in [0.2, 0.25) is 0 Å². The average molecular weight is 329 g/mol. The van der Waals surface area contributed by atoms with E-state index >= 15 is 0 Å². The molecule has 0 spiro atoms. The van der Waals surface area contributed by atoms with Gasteiger partial charge in [-0.25, -0.2) is 9.97 Å². The number of rotatable bonds is 5. The largest absolute Gasteiger partial charge is 0.284 e. The van der Waals surface area contributed by atoms with Gasteiger partial charge in [-0.1, -0.05) is 50.1 Å². The molecule has 0 saturated carbocycles. The first-order valence-electron chi connectivity index (χ1n) is 9.09. The van der Waals surface area contributed by atoms with Gasteiger partial charge in [0.15, 0.2) is 0 Å². The highest BCUT2D eigenvalue weighted by atomic mass is 15.1. The predicted molar refractivity (Wildman–Crippen MR) is 104 cm³/mol. The molecule has 3 heteroatoms. The third kappa shape index (κ3) is 3.14. The summed E-state index contributed by atoms with van der Waals surface area (Å²) in [5.41, 5.74) is 6.83. The van der Waals surface area contributed by atoms with Crippen LogP contribution >= 0.6 is 0 Å². The Kier molecular flexibility index (Phi) is 4.22. The summed E-state index contributed by atoms with van der Waals surface area (Å²) in [6.07, 6.45) is 7.05. The summed E-state index contributed by atoms with van der Waals surface area (Å²) < 4.78 is 2.05. The van der Waals surface area contributed by atoms with Crippen molar-refractivity contribution in [2.75, 3.05) is 0 Å². The fraction of sp³-hybridized carbons (Fsp3) is 0.273. The van der Waals surface area contributed by atoms with Crippen LogP contribution in [0.3, 0.4) is 0 Å². The summed E-state index contributed by atoms with van der Waals surface area (Å²) in [6, 6.07) is 17.2. The Morgan fingerprint density at radius 2 is 1.76 bits per heavy atom. The summed E-state index contributed by atoms with van der Waals surface area (Å²) in [6.45, 7) is 4.33. The second-order valence-corrected chi connectivity index (χ2v) is 6.74. The van der Waals surface area contributed by atoms with Crippen LogP contribution in [0.1, 0.15) is 37.3 Å². The van der Waals surface area contributed by atoms with Gasteiger partial charge in [0.05, 0.1) is 16.7 Å². The van der Waals surface area contributed by atoms with Crippen molar-refractivity contribution in [2.24, 2.45) is 0 Å². The lowest BCUT2D eigenvalue weighted by atomic mass is 10.0. The Bertz CT molecular complexity index is 1010. The second kappa shape index (κ2) is 6.67. The normalized spacial score (nSPS) is 11.4. The van der Waals surface area contributed by atoms with Crippen LogP contribution in [0.25, 0.3) is 28.1 Å². The van der Waals surface area contributed by atoms with Crippen LogP contribution < -0.4 is 0 Å². The maximum atomic E-state index is 4.77. The zero-order valence-corrected chi connectivity index (χ0v) is 14.9. The molecule has 0 aliphatic rings. The first kappa shape index (κ1) is 15.8. The van der Waals surface area contributed by atoms with Crippen LogP contribution in [0.4, 0.5) is 0 Å². The quantitative estimate of drug-likeness (QED) is 0.447. The smallest absolute Gasteiger partial charge is 0.235 e. The van der Waals surface area contributed by atoms with Gasteiger partial charge in [0.2, 0.25) is 5.78 Å². The SMILES string of the molecule is CCCCCc1ccc(-c2ccn3c(n2)nc2cc(C)ccc23)cc1. The minimum Gasteiger partial charge on any atom is -0.284 e. The molecule has 0 bridgehead atoms. The van der Waals surface area contributed by atoms with E-state index in [1.54, 1.807) is 0 Å². The Balaban J connectivity index is 1.66. The first-order valence-corrected chi connectivity index (χ1v) is 9.09. The van der Waals surface area contributed by atoms with E-state index in [-0.39, 0.29) is 0 Å². The van der Waals surface area contributed by atoms with E-state index < -0.39 is 0 Å². The molecule has 0 saturated heterocycles. The fourth-order valence-electron chi connectivity index (χ4n) is 3.29. The average Bonchev–Trinajstić information content (AvgIpc) is 2.99. The van der Waals surface area contributed by atoms with Crippen molar-refractivity contribution in [1.82, 2.24) is 14.4 Å². The Morgan fingerprint density at radius 1 is 0.920 bits per heavy atom. The molecule has 2 aromatic heterocycles. The lowest BCUT2D eigenvalue weighted by Crippen LogP contribution is -1.92. The minimum atomic E-state index is 0.755. The summed E-state index contributed by atoms with van der Waals surface area (Å²) in [5, 5.41) is 0. The summed E-state index contributed by atoms with van der Waals surface area (Å²) in [5.74, 6) is 0.755. The molecule has 4 rings (SSSR count). The number of benzene rings is 2. The van der Waals surface area contributed by atoms with Crippen LogP contribution in [-0.2, 0) is 6.42 Å². The van der Waals surface area contributed by atoms with Crippen molar-refractivity contribution in [3.63, 3.8) is 0 Å². The standard InChI is InChI=1S/C22H23N3/c1-3-4-5-6-17-8-10-18(11-9-17)19-13-14-25-21-12-7-16(2)15-20(21)24-22(25)23-19/h7-15H,3-6H2,1-2H3. The number of aromatic nitrogens is 3. The summed E-state index contributed by atoms with van der Waals surface area (Å²) in [7, 11) is 0. The van der Waals surface area contributed by atoms with Gasteiger partial charge in [0.1, 0.15) is 0 Å². The molecule has 0 aliphatic heterocycles. The monoisotopic (exact) mass is 329 g/mol. The van der Waals surface area contributed by atoms with Gasteiger partial charge in [-0.05, 0) is 49.1 Å².